The Morgan fingerprint density at radius 1 is 0.694 bits per heavy atom. The summed E-state index contributed by atoms with van der Waals surface area (Å²) >= 11 is 0. The molecule has 2 rings (SSSR count). The lowest BCUT2D eigenvalue weighted by Gasteiger charge is -2.48. The first-order valence-corrected chi connectivity index (χ1v) is 22.5. The predicted octanol–water partition coefficient (Wildman–Crippen LogP) is -10.4. The summed E-state index contributed by atoms with van der Waals surface area (Å²) in [7, 11) is 0. The third-order valence-corrected chi connectivity index (χ3v) is 11.1. The maximum absolute atomic E-state index is 13.5. The summed E-state index contributed by atoms with van der Waals surface area (Å²) in [6.07, 6.45) is -16.5. The second kappa shape index (κ2) is 29.7. The lowest BCUT2D eigenvalue weighted by Crippen LogP contribution is -2.69. The van der Waals surface area contributed by atoms with Gasteiger partial charge in [-0.2, -0.15) is 0 Å². The number of hydrogen-bond acceptors (Lipinski definition) is 22. The van der Waals surface area contributed by atoms with Crippen molar-refractivity contribution in [2.24, 2.45) is 17.2 Å². The maximum Gasteiger partial charge on any atom is 0.325 e. The van der Waals surface area contributed by atoms with Crippen LogP contribution in [-0.4, -0.2) is 230 Å². The summed E-state index contributed by atoms with van der Waals surface area (Å²) in [5, 5.41) is 95.1. The number of hydrogen-bond donors (Lipinski definition) is 18. The smallest absolute Gasteiger partial charge is 0.325 e. The van der Waals surface area contributed by atoms with Crippen molar-refractivity contribution in [2.75, 3.05) is 26.4 Å². The highest BCUT2D eigenvalue weighted by Crippen LogP contribution is 2.30. The van der Waals surface area contributed by atoms with Gasteiger partial charge in [-0.1, -0.05) is 0 Å². The van der Waals surface area contributed by atoms with Crippen molar-refractivity contribution in [1.82, 2.24) is 37.2 Å². The Balaban J connectivity index is 2.12. The van der Waals surface area contributed by atoms with E-state index in [0.717, 1.165) is 13.8 Å². The van der Waals surface area contributed by atoms with E-state index in [1.54, 1.807) is 0 Å². The number of carbonyl (C=O) groups excluding carboxylic acids is 8. The molecule has 0 saturated carbocycles. The van der Waals surface area contributed by atoms with Crippen LogP contribution < -0.4 is 54.4 Å². The van der Waals surface area contributed by atoms with Gasteiger partial charge in [-0.15, -0.1) is 0 Å². The fourth-order valence-electron chi connectivity index (χ4n) is 7.02. The number of nitrogens with one attached hydrogen (secondary N) is 7. The predicted molar refractivity (Wildman–Crippen MR) is 237 cm³/mol. The van der Waals surface area contributed by atoms with Crippen molar-refractivity contribution >= 4 is 59.2 Å². The van der Waals surface area contributed by atoms with Crippen LogP contribution in [0.4, 0.5) is 0 Å². The van der Waals surface area contributed by atoms with Gasteiger partial charge in [0.15, 0.2) is 12.6 Å². The van der Waals surface area contributed by atoms with Crippen molar-refractivity contribution in [3.8, 4) is 0 Å². The SMILES string of the molecule is CC(=O)NC1C(O)OC(CO)C(OC2OC(CO)C(O)C(O)C2N)C1OC(C)C(=O)NC(C)C(=O)NC(CCC(=O)NC(CCCNC(=O)C(CO)NC(=O)C(N)CC(=O)O)C(=O)NC(C)C(=O)O)C(N)=O. The quantitative estimate of drug-likeness (QED) is 0.0309. The summed E-state index contributed by atoms with van der Waals surface area (Å²) < 4.78 is 22.9. The molecule has 2 aliphatic heterocycles. The second-order valence-electron chi connectivity index (χ2n) is 16.9. The molecule has 17 atom stereocenters. The number of amides is 8. The lowest BCUT2D eigenvalue weighted by molar-refractivity contribution is -0.331. The van der Waals surface area contributed by atoms with E-state index in [1.807, 2.05) is 0 Å². The molecule has 2 aliphatic rings. The van der Waals surface area contributed by atoms with Crippen LogP contribution >= 0.6 is 0 Å². The second-order valence-corrected chi connectivity index (χ2v) is 16.9. The van der Waals surface area contributed by atoms with Crippen LogP contribution in [0.2, 0.25) is 0 Å². The average Bonchev–Trinajstić information content (AvgIpc) is 3.31. The van der Waals surface area contributed by atoms with Crippen LogP contribution in [0.25, 0.3) is 0 Å². The number of aliphatic hydroxyl groups is 6. The summed E-state index contributed by atoms with van der Waals surface area (Å²) in [4.78, 5) is 124. The van der Waals surface area contributed by atoms with Gasteiger partial charge < -0.3 is 114 Å². The van der Waals surface area contributed by atoms with Crippen molar-refractivity contribution < 1.29 is 108 Å². The topological polar surface area (TPSA) is 532 Å². The van der Waals surface area contributed by atoms with E-state index in [1.165, 1.54) is 13.8 Å². The molecule has 0 aromatic carbocycles. The minimum atomic E-state index is -1.87. The number of rotatable bonds is 29. The average molecular weight is 1040 g/mol. The van der Waals surface area contributed by atoms with Crippen molar-refractivity contribution in [3.63, 3.8) is 0 Å². The molecule has 410 valence electrons. The molecular weight excluding hydrogens is 972 g/mol. The summed E-state index contributed by atoms with van der Waals surface area (Å²) in [6.45, 7) is 1.83. The van der Waals surface area contributed by atoms with Gasteiger partial charge >= 0.3 is 11.9 Å². The molecule has 32 heteroatoms. The highest BCUT2D eigenvalue weighted by molar-refractivity contribution is 5.94. The number of ether oxygens (including phenoxy) is 4. The fourth-order valence-corrected chi connectivity index (χ4v) is 7.02. The van der Waals surface area contributed by atoms with E-state index in [2.05, 4.69) is 37.2 Å². The van der Waals surface area contributed by atoms with Crippen LogP contribution in [0.1, 0.15) is 59.8 Å². The van der Waals surface area contributed by atoms with Crippen molar-refractivity contribution in [3.05, 3.63) is 0 Å². The van der Waals surface area contributed by atoms with Gasteiger partial charge in [0.1, 0.15) is 79.0 Å². The largest absolute Gasteiger partial charge is 0.481 e. The Morgan fingerprint density at radius 2 is 1.31 bits per heavy atom. The summed E-state index contributed by atoms with van der Waals surface area (Å²) in [5.74, 6) is -10.5. The highest BCUT2D eigenvalue weighted by Gasteiger charge is 2.52. The number of carboxylic acids is 2. The monoisotopic (exact) mass is 1040 g/mol. The molecule has 21 N–H and O–H groups in total. The molecule has 8 amide bonds. The number of aliphatic hydroxyl groups excluding tert-OH is 6. The summed E-state index contributed by atoms with van der Waals surface area (Å²) in [6, 6.07) is -11.9. The Labute approximate surface area is 410 Å². The zero-order valence-corrected chi connectivity index (χ0v) is 39.7. The summed E-state index contributed by atoms with van der Waals surface area (Å²) in [5.41, 5.74) is 17.0. The van der Waals surface area contributed by atoms with Crippen molar-refractivity contribution in [2.45, 2.75) is 163 Å². The first-order chi connectivity index (χ1) is 33.7. The zero-order chi connectivity index (χ0) is 54.7. The molecule has 0 spiro atoms. The minimum Gasteiger partial charge on any atom is -0.481 e. The molecule has 0 radical (unpaired) electrons. The van der Waals surface area contributed by atoms with E-state index < -0.39 is 202 Å². The molecule has 0 aliphatic carbocycles. The number of carbonyl (C=O) groups is 10. The molecular formula is C40H68N10O22. The number of nitrogens with two attached hydrogens (primary N) is 3. The highest BCUT2D eigenvalue weighted by atomic mass is 16.7. The molecule has 72 heavy (non-hydrogen) atoms. The van der Waals surface area contributed by atoms with Crippen LogP contribution in [0.5, 0.6) is 0 Å². The van der Waals surface area contributed by atoms with E-state index in [4.69, 9.17) is 41.3 Å². The Hall–Kier alpha value is -5.78. The Bertz CT molecular complexity index is 1900. The third-order valence-electron chi connectivity index (χ3n) is 11.1. The Morgan fingerprint density at radius 3 is 1.86 bits per heavy atom. The van der Waals surface area contributed by atoms with Gasteiger partial charge in [0.25, 0.3) is 0 Å². The van der Waals surface area contributed by atoms with E-state index >= 15 is 0 Å². The molecule has 0 aromatic rings. The molecule has 2 fully saturated rings. The van der Waals surface area contributed by atoms with Gasteiger partial charge in [-0.25, -0.2) is 0 Å². The normalized spacial score (nSPS) is 26.9. The number of primary amides is 1. The fraction of sp³-hybridized carbons (Fsp3) is 0.750. The molecule has 2 saturated heterocycles. The van der Waals surface area contributed by atoms with Crippen LogP contribution in [-0.2, 0) is 66.9 Å². The van der Waals surface area contributed by atoms with E-state index in [9.17, 15) is 83.7 Å². The third kappa shape index (κ3) is 19.0. The van der Waals surface area contributed by atoms with Crippen molar-refractivity contribution in [1.29, 1.82) is 0 Å². The minimum absolute atomic E-state index is 0.0689. The number of carboxylic acid groups (broad SMARTS) is 2. The van der Waals surface area contributed by atoms with Crippen LogP contribution in [0.3, 0.4) is 0 Å². The Kier molecular flexibility index (Phi) is 25.7. The van der Waals surface area contributed by atoms with Gasteiger partial charge in [0.2, 0.25) is 47.3 Å². The maximum atomic E-state index is 13.5. The van der Waals surface area contributed by atoms with E-state index in [-0.39, 0.29) is 19.4 Å². The van der Waals surface area contributed by atoms with Gasteiger partial charge in [0.05, 0.1) is 38.3 Å². The standard InChI is InChI=1S/C40H68N10O22/c1-14(45-34(62)16(3)69-31-27(47-17(4)54)39(68)70-23(13-53)30(31)72-40-26(42)29(59)28(58)22(12-52)71-40)33(61)49-19(32(43)60)7-8-24(55)48-20(37(65)46-15(2)38(66)67)6-5-9-44-36(64)21(11-51)50-35(63)18(41)10-25(56)57/h14-16,18-23,26-31,39-40,51-53,58-59,68H,5-13,41-42H2,1-4H3,(H2,43,60)(H,44,64)(H,45,62)(H,46,65)(H,47,54)(H,48,55)(H,49,61)(H,50,63)(H,56,57)(H,66,67). The molecule has 17 unspecified atom stereocenters. The zero-order valence-electron chi connectivity index (χ0n) is 39.7. The van der Waals surface area contributed by atoms with Gasteiger partial charge in [0, 0.05) is 19.9 Å². The molecule has 0 bridgehead atoms. The number of aliphatic carboxylic acids is 2. The molecule has 0 aromatic heterocycles. The van der Waals surface area contributed by atoms with Gasteiger partial charge in [-0.05, 0) is 40.0 Å². The molecule has 32 nitrogen and oxygen atoms in total. The van der Waals surface area contributed by atoms with Crippen LogP contribution in [0, 0.1) is 0 Å². The first kappa shape index (κ1) is 62.3. The first-order valence-electron chi connectivity index (χ1n) is 22.5. The lowest BCUT2D eigenvalue weighted by atomic mass is 9.94. The van der Waals surface area contributed by atoms with Gasteiger partial charge in [-0.3, -0.25) is 47.9 Å². The van der Waals surface area contributed by atoms with E-state index in [0.29, 0.717) is 0 Å². The molecule has 2 heterocycles. The van der Waals surface area contributed by atoms with Crippen LogP contribution in [0.15, 0.2) is 0 Å².